The van der Waals surface area contributed by atoms with Crippen LogP contribution in [0.3, 0.4) is 0 Å². The van der Waals surface area contributed by atoms with Gasteiger partial charge in [-0.2, -0.15) is 0 Å². The molecule has 4 aliphatic rings. The van der Waals surface area contributed by atoms with Gasteiger partial charge in [0.15, 0.2) is 0 Å². The van der Waals surface area contributed by atoms with Gasteiger partial charge in [-0.1, -0.05) is 5.21 Å². The molecule has 4 atom stereocenters. The Balaban J connectivity index is 1.35. The standard InChI is InChI=1S/C17H28N6O/c1-21(2)8-14-9-23(20-19-14)10-15-7-12-5-6-22(15)11-16(12)17(24)18-13-3-4-13/h9,12-13,15-16H,3-8,10-11H2,1-2H3,(H,18,24)/p+2/t12-,15+,16-/m0/s1. The highest BCUT2D eigenvalue weighted by molar-refractivity contribution is 5.79. The van der Waals surface area contributed by atoms with E-state index < -0.39 is 0 Å². The fourth-order valence-electron chi connectivity index (χ4n) is 4.45. The second-order valence-corrected chi connectivity index (χ2v) is 8.30. The van der Waals surface area contributed by atoms with Crippen LogP contribution in [0.5, 0.6) is 0 Å². The average Bonchev–Trinajstić information content (AvgIpc) is 3.26. The van der Waals surface area contributed by atoms with E-state index in [9.17, 15) is 4.79 Å². The molecule has 2 bridgehead atoms. The summed E-state index contributed by atoms with van der Waals surface area (Å²) in [7, 11) is 4.25. The molecule has 4 heterocycles. The van der Waals surface area contributed by atoms with Crippen molar-refractivity contribution in [3.63, 3.8) is 0 Å². The van der Waals surface area contributed by atoms with Crippen LogP contribution in [0.2, 0.25) is 0 Å². The number of rotatable bonds is 6. The summed E-state index contributed by atoms with van der Waals surface area (Å²) in [6, 6.07) is 1.06. The minimum absolute atomic E-state index is 0.231. The van der Waals surface area contributed by atoms with Crippen molar-refractivity contribution >= 4 is 5.91 Å². The van der Waals surface area contributed by atoms with Crippen LogP contribution in [0.4, 0.5) is 0 Å². The largest absolute Gasteiger partial charge is 0.353 e. The lowest BCUT2D eigenvalue weighted by molar-refractivity contribution is -0.945. The summed E-state index contributed by atoms with van der Waals surface area (Å²) < 4.78 is 2.01. The van der Waals surface area contributed by atoms with Crippen molar-refractivity contribution in [3.05, 3.63) is 11.9 Å². The highest BCUT2D eigenvalue weighted by Gasteiger charge is 2.47. The number of hydrogen-bond acceptors (Lipinski definition) is 3. The summed E-state index contributed by atoms with van der Waals surface area (Å²) in [6.45, 7) is 4.04. The molecule has 132 valence electrons. The Bertz CT molecular complexity index is 596. The third kappa shape index (κ3) is 3.47. The van der Waals surface area contributed by atoms with E-state index in [0.717, 1.165) is 31.7 Å². The van der Waals surface area contributed by atoms with Gasteiger partial charge in [0.25, 0.3) is 0 Å². The van der Waals surface area contributed by atoms with E-state index >= 15 is 0 Å². The van der Waals surface area contributed by atoms with Gasteiger partial charge in [-0.15, -0.1) is 5.10 Å². The predicted molar refractivity (Wildman–Crippen MR) is 88.4 cm³/mol. The summed E-state index contributed by atoms with van der Waals surface area (Å²) >= 11 is 0. The molecule has 5 rings (SSSR count). The van der Waals surface area contributed by atoms with Crippen LogP contribution in [0.15, 0.2) is 6.20 Å². The first-order valence-electron chi connectivity index (χ1n) is 9.41. The minimum Gasteiger partial charge on any atom is -0.353 e. The van der Waals surface area contributed by atoms with Crippen molar-refractivity contribution in [1.82, 2.24) is 20.3 Å². The van der Waals surface area contributed by atoms with E-state index in [4.69, 9.17) is 0 Å². The Hall–Kier alpha value is -1.47. The summed E-state index contributed by atoms with van der Waals surface area (Å²) in [5, 5.41) is 11.8. The van der Waals surface area contributed by atoms with Gasteiger partial charge in [0.1, 0.15) is 18.3 Å². The highest BCUT2D eigenvalue weighted by atomic mass is 16.2. The molecule has 3 N–H and O–H groups in total. The van der Waals surface area contributed by atoms with E-state index in [1.54, 1.807) is 4.90 Å². The number of nitrogens with one attached hydrogen (secondary N) is 3. The number of nitrogens with zero attached hydrogens (tertiary/aromatic N) is 3. The second-order valence-electron chi connectivity index (χ2n) is 8.30. The number of carbonyl (C=O) groups is 1. The lowest BCUT2D eigenvalue weighted by Gasteiger charge is -2.46. The number of aromatic nitrogens is 3. The maximum absolute atomic E-state index is 12.5. The Kier molecular flexibility index (Phi) is 4.30. The lowest BCUT2D eigenvalue weighted by Crippen LogP contribution is -3.20. The summed E-state index contributed by atoms with van der Waals surface area (Å²) in [5.74, 6) is 1.10. The number of fused-ring (bicyclic) bond motifs is 3. The Labute approximate surface area is 143 Å². The molecule has 1 aromatic rings. The lowest BCUT2D eigenvalue weighted by atomic mass is 9.75. The van der Waals surface area contributed by atoms with Crippen LogP contribution in [-0.2, 0) is 17.9 Å². The van der Waals surface area contributed by atoms with Crippen molar-refractivity contribution in [3.8, 4) is 0 Å². The molecular weight excluding hydrogens is 304 g/mol. The summed E-state index contributed by atoms with van der Waals surface area (Å²) in [5.41, 5.74) is 1.06. The average molecular weight is 334 g/mol. The van der Waals surface area contributed by atoms with E-state index in [1.165, 1.54) is 30.7 Å². The van der Waals surface area contributed by atoms with Crippen LogP contribution in [0, 0.1) is 11.8 Å². The van der Waals surface area contributed by atoms with E-state index in [1.807, 2.05) is 4.68 Å². The first-order valence-corrected chi connectivity index (χ1v) is 9.41. The monoisotopic (exact) mass is 334 g/mol. The van der Waals surface area contributed by atoms with Gasteiger partial charge in [0, 0.05) is 18.9 Å². The van der Waals surface area contributed by atoms with Gasteiger partial charge in [-0.05, 0) is 18.8 Å². The van der Waals surface area contributed by atoms with Gasteiger partial charge in [0.05, 0.1) is 45.8 Å². The van der Waals surface area contributed by atoms with Crippen LogP contribution in [-0.4, -0.2) is 60.2 Å². The molecule has 1 amide bonds. The smallest absolute Gasteiger partial charge is 0.229 e. The van der Waals surface area contributed by atoms with Gasteiger partial charge < -0.3 is 15.1 Å². The third-order valence-corrected chi connectivity index (χ3v) is 5.84. The first kappa shape index (κ1) is 16.0. The molecule has 7 nitrogen and oxygen atoms in total. The highest BCUT2D eigenvalue weighted by Crippen LogP contribution is 2.29. The zero-order chi connectivity index (χ0) is 16.7. The molecule has 3 aliphatic heterocycles. The molecule has 0 radical (unpaired) electrons. The quantitative estimate of drug-likeness (QED) is 0.539. The fraction of sp³-hybridized carbons (Fsp3) is 0.824. The zero-order valence-corrected chi connectivity index (χ0v) is 14.8. The van der Waals surface area contributed by atoms with Crippen molar-refractivity contribution < 1.29 is 14.6 Å². The molecule has 7 heteroatoms. The summed E-state index contributed by atoms with van der Waals surface area (Å²) in [6.07, 6.45) is 6.78. The zero-order valence-electron chi connectivity index (χ0n) is 14.8. The number of carbonyl (C=O) groups excluding carboxylic acids is 1. The van der Waals surface area contributed by atoms with Crippen LogP contribution in [0.1, 0.15) is 31.4 Å². The van der Waals surface area contributed by atoms with Crippen molar-refractivity contribution in [2.75, 3.05) is 27.2 Å². The van der Waals surface area contributed by atoms with E-state index in [-0.39, 0.29) is 5.92 Å². The minimum atomic E-state index is 0.231. The molecule has 1 aliphatic carbocycles. The normalized spacial score (nSPS) is 32.3. The van der Waals surface area contributed by atoms with Crippen molar-refractivity contribution in [2.45, 2.75) is 50.9 Å². The number of amides is 1. The second kappa shape index (κ2) is 6.44. The van der Waals surface area contributed by atoms with Gasteiger partial charge in [-0.3, -0.25) is 4.79 Å². The first-order chi connectivity index (χ1) is 11.6. The molecule has 4 fully saturated rings. The van der Waals surface area contributed by atoms with Gasteiger partial charge in [-0.25, -0.2) is 4.68 Å². The Morgan fingerprint density at radius 3 is 2.92 bits per heavy atom. The molecule has 3 saturated heterocycles. The Morgan fingerprint density at radius 1 is 1.42 bits per heavy atom. The van der Waals surface area contributed by atoms with Gasteiger partial charge in [0.2, 0.25) is 5.91 Å². The fourth-order valence-corrected chi connectivity index (χ4v) is 4.45. The maximum Gasteiger partial charge on any atom is 0.229 e. The van der Waals surface area contributed by atoms with Gasteiger partial charge >= 0.3 is 0 Å². The van der Waals surface area contributed by atoms with Crippen LogP contribution < -0.4 is 15.1 Å². The van der Waals surface area contributed by atoms with Crippen LogP contribution in [0.25, 0.3) is 0 Å². The van der Waals surface area contributed by atoms with E-state index in [0.29, 0.717) is 23.9 Å². The molecule has 0 aromatic carbocycles. The van der Waals surface area contributed by atoms with E-state index in [2.05, 4.69) is 35.9 Å². The Morgan fingerprint density at radius 2 is 2.25 bits per heavy atom. The summed E-state index contributed by atoms with van der Waals surface area (Å²) in [4.78, 5) is 15.4. The van der Waals surface area contributed by atoms with Crippen molar-refractivity contribution in [1.29, 1.82) is 0 Å². The third-order valence-electron chi connectivity index (χ3n) is 5.84. The maximum atomic E-state index is 12.5. The number of quaternary nitrogens is 2. The SMILES string of the molecule is C[NH+](C)Cc1cn(C[C@H]2C[C@@H]3CC[NH+]2C[C@@H]3C(=O)NC2CC2)nn1. The van der Waals surface area contributed by atoms with Crippen LogP contribution >= 0.6 is 0 Å². The molecule has 24 heavy (non-hydrogen) atoms. The molecular formula is C17H30N6O+2. The topological polar surface area (TPSA) is 68.7 Å². The predicted octanol–water partition coefficient (Wildman–Crippen LogP) is -2.51. The molecule has 1 unspecified atom stereocenters. The molecule has 0 spiro atoms. The molecule has 1 saturated carbocycles. The molecule has 1 aromatic heterocycles. The number of hydrogen-bond donors (Lipinski definition) is 3. The number of piperidine rings is 3. The van der Waals surface area contributed by atoms with Crippen molar-refractivity contribution in [2.24, 2.45) is 11.8 Å².